The highest BCUT2D eigenvalue weighted by atomic mass is 32.2. The summed E-state index contributed by atoms with van der Waals surface area (Å²) in [5.41, 5.74) is 3.70. The first-order valence-electron chi connectivity index (χ1n) is 11.2. The van der Waals surface area contributed by atoms with Crippen molar-refractivity contribution >= 4 is 35.0 Å². The summed E-state index contributed by atoms with van der Waals surface area (Å²) < 4.78 is 10.7. The third-order valence-corrected chi connectivity index (χ3v) is 7.17. The Hall–Kier alpha value is -2.71. The standard InChI is InChI=1S/C25H31N3O4S/c1-17-12-18(15-27-8-10-33-11-9-27)4-6-21(17)26-25(30)19-13-24(29)28(16-19)22-14-20(31-2)5-7-23(22)32-3/h4-7,12,14,19H,8-11,13,15-16H2,1-3H3,(H,26,30). The lowest BCUT2D eigenvalue weighted by atomic mass is 10.1. The quantitative estimate of drug-likeness (QED) is 0.669. The van der Waals surface area contributed by atoms with E-state index in [0.29, 0.717) is 23.7 Å². The SMILES string of the molecule is COc1ccc(OC)c(N2CC(C(=O)Nc3ccc(CN4CCSCC4)cc3C)CC2=O)c1. The molecule has 2 saturated heterocycles. The first-order valence-corrected chi connectivity index (χ1v) is 12.4. The van der Waals surface area contributed by atoms with Crippen LogP contribution in [0.1, 0.15) is 17.5 Å². The van der Waals surface area contributed by atoms with Crippen molar-refractivity contribution in [1.29, 1.82) is 0 Å². The van der Waals surface area contributed by atoms with Gasteiger partial charge in [-0.15, -0.1) is 0 Å². The maximum Gasteiger partial charge on any atom is 0.229 e. The van der Waals surface area contributed by atoms with Crippen LogP contribution in [0.15, 0.2) is 36.4 Å². The third kappa shape index (κ3) is 5.45. The Morgan fingerprint density at radius 3 is 2.61 bits per heavy atom. The van der Waals surface area contributed by atoms with Gasteiger partial charge in [0.15, 0.2) is 0 Å². The second kappa shape index (κ2) is 10.5. The number of amides is 2. The largest absolute Gasteiger partial charge is 0.497 e. The molecular formula is C25H31N3O4S. The summed E-state index contributed by atoms with van der Waals surface area (Å²) in [6, 6.07) is 11.5. The minimum atomic E-state index is -0.432. The number of thioether (sulfide) groups is 1. The van der Waals surface area contributed by atoms with Crippen molar-refractivity contribution in [2.45, 2.75) is 19.9 Å². The molecule has 1 unspecified atom stereocenters. The van der Waals surface area contributed by atoms with Crippen molar-refractivity contribution in [3.05, 3.63) is 47.5 Å². The van der Waals surface area contributed by atoms with Gasteiger partial charge in [-0.05, 0) is 36.2 Å². The molecular weight excluding hydrogens is 438 g/mol. The lowest BCUT2D eigenvalue weighted by Gasteiger charge is -2.26. The van der Waals surface area contributed by atoms with Gasteiger partial charge in [-0.25, -0.2) is 0 Å². The Labute approximate surface area is 199 Å². The molecule has 0 spiro atoms. The summed E-state index contributed by atoms with van der Waals surface area (Å²) in [6.07, 6.45) is 0.163. The molecule has 7 nitrogen and oxygen atoms in total. The summed E-state index contributed by atoms with van der Waals surface area (Å²) >= 11 is 2.01. The first-order chi connectivity index (χ1) is 16.0. The summed E-state index contributed by atoms with van der Waals surface area (Å²) in [4.78, 5) is 29.8. The predicted molar refractivity (Wildman–Crippen MR) is 132 cm³/mol. The number of anilines is 2. The van der Waals surface area contributed by atoms with Crippen LogP contribution in [0, 0.1) is 12.8 Å². The molecule has 4 rings (SSSR count). The molecule has 0 bridgehead atoms. The highest BCUT2D eigenvalue weighted by Gasteiger charge is 2.36. The highest BCUT2D eigenvalue weighted by Crippen LogP contribution is 2.36. The van der Waals surface area contributed by atoms with Crippen LogP contribution in [0.5, 0.6) is 11.5 Å². The van der Waals surface area contributed by atoms with Crippen LogP contribution < -0.4 is 19.7 Å². The fourth-order valence-electron chi connectivity index (χ4n) is 4.34. The topological polar surface area (TPSA) is 71.1 Å². The number of hydrogen-bond donors (Lipinski definition) is 1. The summed E-state index contributed by atoms with van der Waals surface area (Å²) in [5, 5.41) is 3.04. The van der Waals surface area contributed by atoms with Crippen LogP contribution in [-0.4, -0.2) is 62.1 Å². The van der Waals surface area contributed by atoms with Crippen LogP contribution in [0.3, 0.4) is 0 Å². The van der Waals surface area contributed by atoms with Gasteiger partial charge in [0.05, 0.1) is 25.8 Å². The Morgan fingerprint density at radius 1 is 1.12 bits per heavy atom. The number of benzene rings is 2. The Kier molecular flexibility index (Phi) is 7.45. The smallest absolute Gasteiger partial charge is 0.229 e. The zero-order valence-corrected chi connectivity index (χ0v) is 20.2. The summed E-state index contributed by atoms with van der Waals surface area (Å²) in [6.45, 7) is 5.49. The van der Waals surface area contributed by atoms with Crippen LogP contribution in [-0.2, 0) is 16.1 Å². The second-order valence-electron chi connectivity index (χ2n) is 8.47. The molecule has 0 saturated carbocycles. The van der Waals surface area contributed by atoms with Crippen molar-refractivity contribution in [2.75, 3.05) is 55.6 Å². The van der Waals surface area contributed by atoms with E-state index in [2.05, 4.69) is 22.3 Å². The molecule has 33 heavy (non-hydrogen) atoms. The van der Waals surface area contributed by atoms with E-state index in [0.717, 1.165) is 30.9 Å². The van der Waals surface area contributed by atoms with Gasteiger partial charge in [0, 0.05) is 55.9 Å². The minimum absolute atomic E-state index is 0.103. The van der Waals surface area contributed by atoms with E-state index in [4.69, 9.17) is 9.47 Å². The number of rotatable bonds is 7. The molecule has 8 heteroatoms. The number of hydrogen-bond acceptors (Lipinski definition) is 6. The van der Waals surface area contributed by atoms with Gasteiger partial charge in [-0.3, -0.25) is 14.5 Å². The molecule has 2 aliphatic rings. The molecule has 2 aliphatic heterocycles. The molecule has 1 atom stereocenters. The molecule has 2 aromatic carbocycles. The minimum Gasteiger partial charge on any atom is -0.497 e. The maximum atomic E-state index is 13.0. The average Bonchev–Trinajstić information content (AvgIpc) is 3.22. The number of methoxy groups -OCH3 is 2. The van der Waals surface area contributed by atoms with Gasteiger partial charge >= 0.3 is 0 Å². The first kappa shape index (κ1) is 23.4. The summed E-state index contributed by atoms with van der Waals surface area (Å²) in [7, 11) is 3.14. The highest BCUT2D eigenvalue weighted by molar-refractivity contribution is 7.99. The van der Waals surface area contributed by atoms with Gasteiger partial charge in [0.1, 0.15) is 11.5 Å². The Bertz CT molecular complexity index is 1020. The maximum absolute atomic E-state index is 13.0. The van der Waals surface area contributed by atoms with Crippen molar-refractivity contribution in [1.82, 2.24) is 4.90 Å². The number of carbonyl (C=O) groups is 2. The van der Waals surface area contributed by atoms with Crippen molar-refractivity contribution in [2.24, 2.45) is 5.92 Å². The number of ether oxygens (including phenoxy) is 2. The average molecular weight is 470 g/mol. The van der Waals surface area contributed by atoms with E-state index in [1.165, 1.54) is 17.1 Å². The van der Waals surface area contributed by atoms with Crippen LogP contribution in [0.4, 0.5) is 11.4 Å². The fourth-order valence-corrected chi connectivity index (χ4v) is 5.32. The molecule has 176 valence electrons. The van der Waals surface area contributed by atoms with Crippen LogP contribution >= 0.6 is 11.8 Å². The van der Waals surface area contributed by atoms with E-state index >= 15 is 0 Å². The van der Waals surface area contributed by atoms with Crippen molar-refractivity contribution in [3.8, 4) is 11.5 Å². The van der Waals surface area contributed by atoms with Crippen molar-refractivity contribution < 1.29 is 19.1 Å². The van der Waals surface area contributed by atoms with E-state index < -0.39 is 5.92 Å². The van der Waals surface area contributed by atoms with Gasteiger partial charge in [0.25, 0.3) is 0 Å². The monoisotopic (exact) mass is 469 g/mol. The fraction of sp³-hybridized carbons (Fsp3) is 0.440. The van der Waals surface area contributed by atoms with Crippen molar-refractivity contribution in [3.63, 3.8) is 0 Å². The normalized spacial score (nSPS) is 18.9. The van der Waals surface area contributed by atoms with Crippen LogP contribution in [0.25, 0.3) is 0 Å². The van der Waals surface area contributed by atoms with E-state index in [9.17, 15) is 9.59 Å². The zero-order valence-electron chi connectivity index (χ0n) is 19.4. The van der Waals surface area contributed by atoms with Crippen LogP contribution in [0.2, 0.25) is 0 Å². The molecule has 0 aromatic heterocycles. The molecule has 0 radical (unpaired) electrons. The van der Waals surface area contributed by atoms with Gasteiger partial charge in [-0.1, -0.05) is 12.1 Å². The number of nitrogens with one attached hydrogen (secondary N) is 1. The van der Waals surface area contributed by atoms with E-state index in [1.807, 2.05) is 24.8 Å². The van der Waals surface area contributed by atoms with E-state index in [-0.39, 0.29) is 18.2 Å². The van der Waals surface area contributed by atoms with Gasteiger partial charge in [-0.2, -0.15) is 11.8 Å². The second-order valence-corrected chi connectivity index (χ2v) is 9.69. The molecule has 1 N–H and O–H groups in total. The number of carbonyl (C=O) groups excluding carboxylic acids is 2. The zero-order chi connectivity index (χ0) is 23.4. The third-order valence-electron chi connectivity index (χ3n) is 6.23. The molecule has 2 fully saturated rings. The number of nitrogens with zero attached hydrogens (tertiary/aromatic N) is 2. The predicted octanol–water partition coefficient (Wildman–Crippen LogP) is 3.55. The van der Waals surface area contributed by atoms with E-state index in [1.54, 1.807) is 37.3 Å². The lowest BCUT2D eigenvalue weighted by Crippen LogP contribution is -2.32. The Balaban J connectivity index is 1.41. The number of aryl methyl sites for hydroxylation is 1. The molecule has 0 aliphatic carbocycles. The molecule has 2 aromatic rings. The summed E-state index contributed by atoms with van der Waals surface area (Å²) in [5.74, 6) is 2.90. The lowest BCUT2D eigenvalue weighted by molar-refractivity contribution is -0.122. The van der Waals surface area contributed by atoms with Gasteiger partial charge in [0.2, 0.25) is 11.8 Å². The van der Waals surface area contributed by atoms with Gasteiger partial charge < -0.3 is 19.7 Å². The molecule has 2 amide bonds. The molecule has 2 heterocycles. The Morgan fingerprint density at radius 2 is 1.91 bits per heavy atom.